The molecule has 3 heteroatoms. The summed E-state index contributed by atoms with van der Waals surface area (Å²) in [5.74, 6) is 1.13. The van der Waals surface area contributed by atoms with E-state index in [-0.39, 0.29) is 0 Å². The summed E-state index contributed by atoms with van der Waals surface area (Å²) in [5, 5.41) is 5.12. The topological polar surface area (TPSA) is 8.17 Å². The maximum Gasteiger partial charge on any atom is 0.0640 e. The van der Waals surface area contributed by atoms with Crippen LogP contribution in [0.25, 0.3) is 75.5 Å². The fourth-order valence-corrected chi connectivity index (χ4v) is 11.3. The molecule has 10 aromatic rings. The van der Waals surface area contributed by atoms with Crippen molar-refractivity contribution in [3.8, 4) is 27.9 Å². The van der Waals surface area contributed by atoms with Crippen molar-refractivity contribution in [2.75, 3.05) is 4.90 Å². The third-order valence-electron chi connectivity index (χ3n) is 13.2. The molecule has 2 atom stereocenters. The Bertz CT molecular complexity index is 3410. The van der Waals surface area contributed by atoms with Gasteiger partial charge in [0.15, 0.2) is 0 Å². The summed E-state index contributed by atoms with van der Waals surface area (Å²) in [5.41, 5.74) is 14.4. The van der Waals surface area contributed by atoms with Gasteiger partial charge < -0.3 is 9.47 Å². The standard InChI is InChI=1S/C60H44N2S/c1-2-15-41(16-3-1)42-29-31-43(32-30-42)44-33-37-46(38-34-44)61(58-27-14-23-54-53-22-9-13-28-59(53)63-60(54)58)47-39-35-45(36-40-47)48-17-4-5-18-49(48)50-19-6-10-24-55(50)62-56-25-11-7-20-51(56)52-21-8-12-26-57(52)62/h1-15,17-29,31-42H,16,30H2. The highest BCUT2D eigenvalue weighted by molar-refractivity contribution is 7.26. The first-order valence-electron chi connectivity index (χ1n) is 22.1. The Balaban J connectivity index is 0.937. The Labute approximate surface area is 372 Å². The van der Waals surface area contributed by atoms with E-state index in [0.717, 1.165) is 24.2 Å². The Hall–Kier alpha value is -7.46. The Morgan fingerprint density at radius 1 is 0.460 bits per heavy atom. The number of benzene rings is 8. The summed E-state index contributed by atoms with van der Waals surface area (Å²) in [7, 11) is 0. The minimum atomic E-state index is 0.552. The van der Waals surface area contributed by atoms with Crippen molar-refractivity contribution in [2.24, 2.45) is 11.8 Å². The van der Waals surface area contributed by atoms with E-state index < -0.39 is 0 Å². The quantitative estimate of drug-likeness (QED) is 0.148. The third-order valence-corrected chi connectivity index (χ3v) is 14.4. The number of aromatic nitrogens is 1. The second-order valence-corrected chi connectivity index (χ2v) is 17.8. The van der Waals surface area contributed by atoms with Crippen LogP contribution in [0.4, 0.5) is 17.1 Å². The molecule has 8 aromatic carbocycles. The Morgan fingerprint density at radius 3 is 1.76 bits per heavy atom. The highest BCUT2D eigenvalue weighted by Gasteiger charge is 2.22. The molecule has 0 amide bonds. The predicted molar refractivity (Wildman–Crippen MR) is 271 cm³/mol. The lowest BCUT2D eigenvalue weighted by Gasteiger charge is -2.27. The first kappa shape index (κ1) is 37.3. The highest BCUT2D eigenvalue weighted by Crippen LogP contribution is 2.46. The van der Waals surface area contributed by atoms with Crippen molar-refractivity contribution in [1.29, 1.82) is 0 Å². The maximum atomic E-state index is 2.44. The number of thiophene rings is 1. The van der Waals surface area contributed by atoms with E-state index in [1.807, 2.05) is 11.3 Å². The zero-order chi connectivity index (χ0) is 41.7. The van der Waals surface area contributed by atoms with Crippen molar-refractivity contribution in [1.82, 2.24) is 4.57 Å². The van der Waals surface area contributed by atoms with Crippen LogP contribution in [0, 0.1) is 11.8 Å². The fraction of sp³-hybridized carbons (Fsp3) is 0.0667. The predicted octanol–water partition coefficient (Wildman–Crippen LogP) is 17.0. The monoisotopic (exact) mass is 824 g/mol. The van der Waals surface area contributed by atoms with Gasteiger partial charge in [-0.15, -0.1) is 11.3 Å². The van der Waals surface area contributed by atoms with E-state index in [2.05, 4.69) is 240 Å². The molecule has 12 rings (SSSR count). The van der Waals surface area contributed by atoms with E-state index >= 15 is 0 Å². The number of allylic oxidation sites excluding steroid dienone is 8. The van der Waals surface area contributed by atoms with Crippen LogP contribution in [-0.4, -0.2) is 4.57 Å². The molecule has 0 fully saturated rings. The van der Waals surface area contributed by atoms with Gasteiger partial charge in [-0.3, -0.25) is 0 Å². The minimum Gasteiger partial charge on any atom is -0.309 e. The number of fused-ring (bicyclic) bond motifs is 6. The molecule has 63 heavy (non-hydrogen) atoms. The van der Waals surface area contributed by atoms with Gasteiger partial charge in [-0.25, -0.2) is 0 Å². The van der Waals surface area contributed by atoms with Crippen molar-refractivity contribution in [3.05, 3.63) is 236 Å². The van der Waals surface area contributed by atoms with Gasteiger partial charge in [0.2, 0.25) is 0 Å². The molecule has 2 nitrogen and oxygen atoms in total. The molecule has 0 aliphatic heterocycles. The van der Waals surface area contributed by atoms with Crippen LogP contribution < -0.4 is 4.90 Å². The average molecular weight is 825 g/mol. The largest absolute Gasteiger partial charge is 0.309 e. The molecule has 0 saturated heterocycles. The molecular weight excluding hydrogens is 781 g/mol. The van der Waals surface area contributed by atoms with Crippen LogP contribution in [0.15, 0.2) is 231 Å². The Kier molecular flexibility index (Phi) is 9.35. The van der Waals surface area contributed by atoms with Gasteiger partial charge in [0.25, 0.3) is 0 Å². The van der Waals surface area contributed by atoms with Gasteiger partial charge >= 0.3 is 0 Å². The van der Waals surface area contributed by atoms with Crippen molar-refractivity contribution < 1.29 is 0 Å². The average Bonchev–Trinajstić information content (AvgIpc) is 3.91. The van der Waals surface area contributed by atoms with Crippen LogP contribution in [0.2, 0.25) is 0 Å². The SMILES string of the molecule is C1=CCC(C2C=CC(c3ccc(N(c4ccc(-c5ccccc5-c5ccccc5-n5c6ccccc6c6ccccc65)cc4)c4cccc5c4sc4ccccc45)cc3)=CC2)C=C1. The molecule has 2 heterocycles. The van der Waals surface area contributed by atoms with Crippen LogP contribution in [0.1, 0.15) is 18.4 Å². The van der Waals surface area contributed by atoms with Crippen LogP contribution >= 0.6 is 11.3 Å². The van der Waals surface area contributed by atoms with Gasteiger partial charge in [-0.1, -0.05) is 176 Å². The molecule has 2 aliphatic carbocycles. The molecule has 2 aromatic heterocycles. The highest BCUT2D eigenvalue weighted by atomic mass is 32.1. The first-order valence-corrected chi connectivity index (χ1v) is 22.9. The number of nitrogens with zero attached hydrogens (tertiary/aromatic N) is 2. The molecule has 0 N–H and O–H groups in total. The lowest BCUT2D eigenvalue weighted by Crippen LogP contribution is -2.12. The van der Waals surface area contributed by atoms with Gasteiger partial charge in [-0.05, 0) is 107 Å². The zero-order valence-corrected chi connectivity index (χ0v) is 35.6. The summed E-state index contributed by atoms with van der Waals surface area (Å²) < 4.78 is 5.02. The second kappa shape index (κ2) is 15.8. The number of anilines is 3. The van der Waals surface area contributed by atoms with Gasteiger partial charge in [0.1, 0.15) is 0 Å². The van der Waals surface area contributed by atoms with Crippen LogP contribution in [0.5, 0.6) is 0 Å². The molecule has 0 bridgehead atoms. The molecule has 0 spiro atoms. The number of hydrogen-bond acceptors (Lipinski definition) is 2. The maximum absolute atomic E-state index is 2.44. The number of para-hydroxylation sites is 3. The second-order valence-electron chi connectivity index (χ2n) is 16.7. The van der Waals surface area contributed by atoms with E-state index in [1.54, 1.807) is 0 Å². The van der Waals surface area contributed by atoms with Crippen LogP contribution in [0.3, 0.4) is 0 Å². The molecule has 0 radical (unpaired) electrons. The van der Waals surface area contributed by atoms with Gasteiger partial charge in [-0.2, -0.15) is 0 Å². The van der Waals surface area contributed by atoms with Gasteiger partial charge in [0, 0.05) is 43.2 Å². The Morgan fingerprint density at radius 2 is 1.06 bits per heavy atom. The number of rotatable bonds is 8. The molecule has 2 aliphatic rings. The minimum absolute atomic E-state index is 0.552. The molecule has 0 saturated carbocycles. The summed E-state index contributed by atoms with van der Waals surface area (Å²) >= 11 is 1.87. The number of hydrogen-bond donors (Lipinski definition) is 0. The zero-order valence-electron chi connectivity index (χ0n) is 34.8. The fourth-order valence-electron chi connectivity index (χ4n) is 10.1. The first-order chi connectivity index (χ1) is 31.3. The van der Waals surface area contributed by atoms with Crippen molar-refractivity contribution >= 4 is 76.0 Å². The van der Waals surface area contributed by atoms with Crippen molar-refractivity contribution in [2.45, 2.75) is 12.8 Å². The smallest absolute Gasteiger partial charge is 0.0640 e. The van der Waals surface area contributed by atoms with E-state index in [9.17, 15) is 0 Å². The van der Waals surface area contributed by atoms with Crippen molar-refractivity contribution in [3.63, 3.8) is 0 Å². The van der Waals surface area contributed by atoms with E-state index in [4.69, 9.17) is 0 Å². The molecule has 300 valence electrons. The third kappa shape index (κ3) is 6.56. The summed E-state index contributed by atoms with van der Waals surface area (Å²) in [6, 6.07) is 69.1. The van der Waals surface area contributed by atoms with Gasteiger partial charge in [0.05, 0.1) is 27.1 Å². The molecular formula is C60H44N2S. The lowest BCUT2D eigenvalue weighted by molar-refractivity contribution is 0.478. The summed E-state index contributed by atoms with van der Waals surface area (Å²) in [6.07, 6.45) is 18.4. The molecule has 2 unspecified atom stereocenters. The van der Waals surface area contributed by atoms with E-state index in [1.165, 1.54) is 86.7 Å². The summed E-state index contributed by atoms with van der Waals surface area (Å²) in [6.45, 7) is 0. The normalized spacial score (nSPS) is 16.0. The van der Waals surface area contributed by atoms with E-state index in [0.29, 0.717) is 11.8 Å². The summed E-state index contributed by atoms with van der Waals surface area (Å²) in [4.78, 5) is 2.44. The lowest BCUT2D eigenvalue weighted by atomic mass is 9.81. The van der Waals surface area contributed by atoms with Crippen LogP contribution in [-0.2, 0) is 0 Å².